The summed E-state index contributed by atoms with van der Waals surface area (Å²) < 4.78 is 34.9. The van der Waals surface area contributed by atoms with Crippen LogP contribution in [0.25, 0.3) is 11.0 Å². The molecule has 1 saturated heterocycles. The number of nitrogens with zero attached hydrogens (tertiary/aromatic N) is 4. The molecule has 1 aliphatic rings. The molecule has 1 fully saturated rings. The highest BCUT2D eigenvalue weighted by molar-refractivity contribution is 7.89. The number of aromatic nitrogens is 2. The molecule has 2 aromatic heterocycles. The van der Waals surface area contributed by atoms with Gasteiger partial charge >= 0.3 is 0 Å². The van der Waals surface area contributed by atoms with Crippen molar-refractivity contribution in [3.05, 3.63) is 46.4 Å². The van der Waals surface area contributed by atoms with Gasteiger partial charge in [0.25, 0.3) is 0 Å². The number of aryl methyl sites for hydroxylation is 1. The molecule has 0 saturated carbocycles. The van der Waals surface area contributed by atoms with Gasteiger partial charge in [-0.3, -0.25) is 4.90 Å². The van der Waals surface area contributed by atoms with Gasteiger partial charge in [0.2, 0.25) is 10.0 Å². The maximum absolute atomic E-state index is 13.0. The number of rotatable bonds is 7. The molecule has 9 heteroatoms. The second kappa shape index (κ2) is 8.53. The molecule has 7 nitrogen and oxygen atoms in total. The maximum atomic E-state index is 13.0. The van der Waals surface area contributed by atoms with E-state index in [1.165, 1.54) is 9.18 Å². The number of sulfonamides is 1. The van der Waals surface area contributed by atoms with Crippen molar-refractivity contribution in [1.82, 2.24) is 18.8 Å². The van der Waals surface area contributed by atoms with Crippen molar-refractivity contribution in [2.24, 2.45) is 0 Å². The normalized spacial score (nSPS) is 16.1. The summed E-state index contributed by atoms with van der Waals surface area (Å²) in [6.45, 7) is 6.09. The first kappa shape index (κ1) is 20.5. The van der Waals surface area contributed by atoms with Gasteiger partial charge in [-0.25, -0.2) is 13.4 Å². The molecule has 0 amide bonds. The van der Waals surface area contributed by atoms with Crippen LogP contribution in [0.4, 0.5) is 0 Å². The Bertz CT molecular complexity index is 1070. The van der Waals surface area contributed by atoms with Crippen LogP contribution in [0.3, 0.4) is 0 Å². The van der Waals surface area contributed by atoms with E-state index in [-0.39, 0.29) is 0 Å². The van der Waals surface area contributed by atoms with Crippen molar-refractivity contribution in [2.45, 2.75) is 31.5 Å². The lowest BCUT2D eigenvalue weighted by Crippen LogP contribution is -2.40. The summed E-state index contributed by atoms with van der Waals surface area (Å²) in [6, 6.07) is 9.47. The Morgan fingerprint density at radius 3 is 2.69 bits per heavy atom. The van der Waals surface area contributed by atoms with Crippen molar-refractivity contribution in [3.63, 3.8) is 0 Å². The van der Waals surface area contributed by atoms with E-state index in [9.17, 15) is 8.42 Å². The minimum atomic E-state index is -3.53. The lowest BCUT2D eigenvalue weighted by Gasteiger charge is -2.26. The molecule has 3 heterocycles. The molecule has 0 radical (unpaired) electrons. The molecular weight excluding hydrogens is 408 g/mol. The molecule has 0 unspecified atom stereocenters. The minimum absolute atomic E-state index is 0.297. The van der Waals surface area contributed by atoms with Crippen molar-refractivity contribution < 1.29 is 13.2 Å². The number of morpholine rings is 1. The summed E-state index contributed by atoms with van der Waals surface area (Å²) in [5.74, 6) is 0.947. The zero-order chi connectivity index (χ0) is 20.4. The molecule has 29 heavy (non-hydrogen) atoms. The molecule has 0 bridgehead atoms. The Hall–Kier alpha value is -1.78. The van der Waals surface area contributed by atoms with Gasteiger partial charge in [-0.15, -0.1) is 11.3 Å². The summed E-state index contributed by atoms with van der Waals surface area (Å²) >= 11 is 1.75. The maximum Gasteiger partial charge on any atom is 0.243 e. The highest BCUT2D eigenvalue weighted by Crippen LogP contribution is 2.24. The molecule has 1 aromatic carbocycles. The molecule has 156 valence electrons. The number of ether oxygens (including phenoxy) is 1. The second-order valence-corrected chi connectivity index (χ2v) is 10.2. The smallest absolute Gasteiger partial charge is 0.243 e. The Kier molecular flexibility index (Phi) is 6.03. The van der Waals surface area contributed by atoms with Crippen molar-refractivity contribution >= 4 is 32.4 Å². The predicted molar refractivity (Wildman–Crippen MR) is 114 cm³/mol. The van der Waals surface area contributed by atoms with E-state index in [0.29, 0.717) is 37.7 Å². The highest BCUT2D eigenvalue weighted by atomic mass is 32.2. The van der Waals surface area contributed by atoms with E-state index in [0.717, 1.165) is 29.9 Å². The molecule has 0 aliphatic carbocycles. The number of hydrogen-bond donors (Lipinski definition) is 0. The van der Waals surface area contributed by atoms with E-state index in [1.54, 1.807) is 23.5 Å². The van der Waals surface area contributed by atoms with Gasteiger partial charge in [0, 0.05) is 31.1 Å². The molecule has 0 N–H and O–H groups in total. The number of benzene rings is 1. The van der Waals surface area contributed by atoms with Crippen molar-refractivity contribution in [1.29, 1.82) is 0 Å². The number of imidazole rings is 1. The topological polar surface area (TPSA) is 67.7 Å². The molecule has 4 rings (SSSR count). The van der Waals surface area contributed by atoms with Crippen molar-refractivity contribution in [3.8, 4) is 0 Å². The largest absolute Gasteiger partial charge is 0.379 e. The summed E-state index contributed by atoms with van der Waals surface area (Å²) in [7, 11) is -1.45. The third-order valence-electron chi connectivity index (χ3n) is 5.14. The average molecular weight is 435 g/mol. The Labute approximate surface area is 175 Å². The molecule has 0 spiro atoms. The highest BCUT2D eigenvalue weighted by Gasteiger charge is 2.27. The van der Waals surface area contributed by atoms with Gasteiger partial charge in [0.15, 0.2) is 0 Å². The van der Waals surface area contributed by atoms with E-state index in [2.05, 4.69) is 41.0 Å². The Morgan fingerprint density at radius 1 is 1.21 bits per heavy atom. The van der Waals surface area contributed by atoms with Gasteiger partial charge in [-0.05, 0) is 43.6 Å². The lowest BCUT2D eigenvalue weighted by molar-refractivity contribution is 0.0730. The summed E-state index contributed by atoms with van der Waals surface area (Å²) in [5, 5.41) is 2.08. The van der Waals surface area contributed by atoms with E-state index >= 15 is 0 Å². The number of fused-ring (bicyclic) bond motifs is 1. The van der Waals surface area contributed by atoms with Gasteiger partial charge in [-0.2, -0.15) is 4.31 Å². The number of thiophene rings is 1. The fourth-order valence-electron chi connectivity index (χ4n) is 3.70. The predicted octanol–water partition coefficient (Wildman–Crippen LogP) is 2.77. The van der Waals surface area contributed by atoms with Gasteiger partial charge in [-0.1, -0.05) is 6.07 Å². The monoisotopic (exact) mass is 434 g/mol. The Balaban J connectivity index is 1.62. The van der Waals surface area contributed by atoms with Crippen LogP contribution in [0, 0.1) is 0 Å². The zero-order valence-electron chi connectivity index (χ0n) is 16.7. The van der Waals surface area contributed by atoms with Crippen LogP contribution in [-0.4, -0.2) is 60.5 Å². The molecule has 3 aromatic rings. The quantitative estimate of drug-likeness (QED) is 0.572. The van der Waals surface area contributed by atoms with Crippen LogP contribution < -0.4 is 0 Å². The molecular formula is C20H26N4O3S2. The number of hydrogen-bond acceptors (Lipinski definition) is 6. The van der Waals surface area contributed by atoms with Gasteiger partial charge in [0.1, 0.15) is 5.82 Å². The van der Waals surface area contributed by atoms with E-state index < -0.39 is 10.0 Å². The second-order valence-electron chi connectivity index (χ2n) is 7.19. The van der Waals surface area contributed by atoms with Gasteiger partial charge in [0.05, 0.1) is 35.7 Å². The average Bonchev–Trinajstić information content (AvgIpc) is 3.34. The molecule has 1 aliphatic heterocycles. The van der Waals surface area contributed by atoms with E-state index in [1.807, 2.05) is 6.07 Å². The fourth-order valence-corrected chi connectivity index (χ4v) is 5.91. The summed E-state index contributed by atoms with van der Waals surface area (Å²) in [4.78, 5) is 8.62. The third-order valence-corrected chi connectivity index (χ3v) is 7.90. The van der Waals surface area contributed by atoms with Gasteiger partial charge < -0.3 is 9.30 Å². The summed E-state index contributed by atoms with van der Waals surface area (Å²) in [5.41, 5.74) is 1.69. The standard InChI is InChI=1S/C20H26N4O3S2/c1-3-24-19-7-6-17(29(25,26)23-8-10-27-11-9-23)13-18(19)21-20(24)15-22(2)14-16-5-4-12-28-16/h4-7,12-13H,3,8-11,14-15H2,1-2H3. The summed E-state index contributed by atoms with van der Waals surface area (Å²) in [6.07, 6.45) is 0. The van der Waals surface area contributed by atoms with Crippen LogP contribution in [0.5, 0.6) is 0 Å². The van der Waals surface area contributed by atoms with Crippen LogP contribution in [-0.2, 0) is 34.4 Å². The fraction of sp³-hybridized carbons (Fsp3) is 0.450. The van der Waals surface area contributed by atoms with E-state index in [4.69, 9.17) is 9.72 Å². The first-order valence-electron chi connectivity index (χ1n) is 9.77. The van der Waals surface area contributed by atoms with Crippen molar-refractivity contribution in [2.75, 3.05) is 33.4 Å². The lowest BCUT2D eigenvalue weighted by atomic mass is 10.3. The first-order chi connectivity index (χ1) is 14.0. The SMILES string of the molecule is CCn1c(CN(C)Cc2cccs2)nc2cc(S(=O)(=O)N3CCOCC3)ccc21. The van der Waals surface area contributed by atoms with Crippen LogP contribution >= 0.6 is 11.3 Å². The first-order valence-corrected chi connectivity index (χ1v) is 12.1. The van der Waals surface area contributed by atoms with Crippen LogP contribution in [0.1, 0.15) is 17.6 Å². The zero-order valence-corrected chi connectivity index (χ0v) is 18.4. The molecule has 0 atom stereocenters. The van der Waals surface area contributed by atoms with Crippen LogP contribution in [0.2, 0.25) is 0 Å². The Morgan fingerprint density at radius 2 is 2.00 bits per heavy atom. The van der Waals surface area contributed by atoms with Crippen LogP contribution in [0.15, 0.2) is 40.6 Å². The minimum Gasteiger partial charge on any atom is -0.379 e. The third kappa shape index (κ3) is 4.24.